The number of nitrogens with zero attached hydrogens (tertiary/aromatic N) is 2. The molecule has 2 unspecified atom stereocenters. The molecule has 156 valence electrons. The van der Waals surface area contributed by atoms with E-state index in [2.05, 4.69) is 0 Å². The second-order valence-corrected chi connectivity index (χ2v) is 10.1. The molecule has 0 radical (unpaired) electrons. The predicted octanol–water partition coefficient (Wildman–Crippen LogP) is 1.97. The molecule has 3 rings (SSSR count). The number of likely N-dealkylation sites (N-methyl/N-ethyl adjacent to an activating group) is 1. The molecule has 7 nitrogen and oxygen atoms in total. The van der Waals surface area contributed by atoms with E-state index in [1.54, 1.807) is 11.4 Å². The van der Waals surface area contributed by atoms with Crippen molar-refractivity contribution in [2.45, 2.75) is 23.1 Å². The van der Waals surface area contributed by atoms with Crippen LogP contribution in [-0.2, 0) is 19.6 Å². The van der Waals surface area contributed by atoms with E-state index in [0.717, 1.165) is 17.4 Å². The summed E-state index contributed by atoms with van der Waals surface area (Å²) in [5.41, 5.74) is 5.76. The molecule has 1 aliphatic heterocycles. The molecule has 2 aromatic rings. The van der Waals surface area contributed by atoms with Crippen LogP contribution >= 0.6 is 11.3 Å². The van der Waals surface area contributed by atoms with E-state index in [1.165, 1.54) is 40.5 Å². The first-order valence-electron chi connectivity index (χ1n) is 9.07. The van der Waals surface area contributed by atoms with E-state index in [-0.39, 0.29) is 16.3 Å². The van der Waals surface area contributed by atoms with Crippen LogP contribution in [0.1, 0.15) is 24.4 Å². The molecule has 2 heterocycles. The first-order chi connectivity index (χ1) is 13.7. The largest absolute Gasteiger partial charge is 0.368 e. The highest BCUT2D eigenvalue weighted by Gasteiger charge is 2.37. The number of rotatable bonds is 6. The third-order valence-corrected chi connectivity index (χ3v) is 8.23. The topological polar surface area (TPSA) is 101 Å². The van der Waals surface area contributed by atoms with E-state index in [9.17, 15) is 22.4 Å². The normalized spacial score (nSPS) is 18.9. The molecule has 0 spiro atoms. The molecule has 2 N–H and O–H groups in total. The molecule has 0 aliphatic carbocycles. The van der Waals surface area contributed by atoms with Gasteiger partial charge in [0, 0.05) is 20.1 Å². The molecule has 0 bridgehead atoms. The van der Waals surface area contributed by atoms with Crippen molar-refractivity contribution in [2.75, 3.05) is 20.1 Å². The smallest absolute Gasteiger partial charge is 0.252 e. The van der Waals surface area contributed by atoms with Gasteiger partial charge in [-0.15, -0.1) is 11.3 Å². The van der Waals surface area contributed by atoms with Crippen LogP contribution < -0.4 is 5.73 Å². The van der Waals surface area contributed by atoms with Gasteiger partial charge in [0.25, 0.3) is 10.0 Å². The van der Waals surface area contributed by atoms with Crippen LogP contribution in [0.3, 0.4) is 0 Å². The summed E-state index contributed by atoms with van der Waals surface area (Å²) in [5.74, 6) is -2.34. The highest BCUT2D eigenvalue weighted by atomic mass is 32.2. The van der Waals surface area contributed by atoms with Crippen LogP contribution in [0.4, 0.5) is 4.39 Å². The Morgan fingerprint density at radius 3 is 2.69 bits per heavy atom. The predicted molar refractivity (Wildman–Crippen MR) is 107 cm³/mol. The Bertz CT molecular complexity index is 995. The molecule has 1 aromatic heterocycles. The Balaban J connectivity index is 1.80. The number of amides is 2. The molecule has 2 amide bonds. The van der Waals surface area contributed by atoms with Crippen molar-refractivity contribution in [3.63, 3.8) is 0 Å². The van der Waals surface area contributed by atoms with E-state index < -0.39 is 39.6 Å². The van der Waals surface area contributed by atoms with Gasteiger partial charge < -0.3 is 10.6 Å². The number of hydrogen-bond acceptors (Lipinski definition) is 5. The van der Waals surface area contributed by atoms with Gasteiger partial charge in [0.2, 0.25) is 11.8 Å². The molecule has 29 heavy (non-hydrogen) atoms. The number of benzene rings is 1. The summed E-state index contributed by atoms with van der Waals surface area (Å²) < 4.78 is 40.7. The first-order valence-corrected chi connectivity index (χ1v) is 11.4. The van der Waals surface area contributed by atoms with Gasteiger partial charge in [-0.05, 0) is 42.0 Å². The number of nitrogens with two attached hydrogens (primary N) is 1. The Kier molecular flexibility index (Phi) is 6.35. The van der Waals surface area contributed by atoms with Gasteiger partial charge >= 0.3 is 0 Å². The summed E-state index contributed by atoms with van der Waals surface area (Å²) in [7, 11) is -2.24. The number of halogens is 1. The summed E-state index contributed by atoms with van der Waals surface area (Å²) >= 11 is 1.13. The molecule has 2 atom stereocenters. The second kappa shape index (κ2) is 8.60. The van der Waals surface area contributed by atoms with Crippen LogP contribution in [0.2, 0.25) is 0 Å². The zero-order chi connectivity index (χ0) is 21.2. The number of sulfonamides is 1. The maximum absolute atomic E-state index is 13.6. The number of thiophene rings is 1. The lowest BCUT2D eigenvalue weighted by Gasteiger charge is -2.35. The average molecular weight is 440 g/mol. The Morgan fingerprint density at radius 2 is 2.07 bits per heavy atom. The third-order valence-electron chi connectivity index (χ3n) is 4.99. The van der Waals surface area contributed by atoms with Crippen LogP contribution in [-0.4, -0.2) is 49.6 Å². The molecular weight excluding hydrogens is 417 g/mol. The summed E-state index contributed by atoms with van der Waals surface area (Å²) in [6.07, 6.45) is 1.02. The molecule has 1 aromatic carbocycles. The van der Waals surface area contributed by atoms with Gasteiger partial charge in [-0.2, -0.15) is 4.31 Å². The summed E-state index contributed by atoms with van der Waals surface area (Å²) in [4.78, 5) is 26.3. The van der Waals surface area contributed by atoms with Crippen LogP contribution in [0.25, 0.3) is 0 Å². The van der Waals surface area contributed by atoms with Gasteiger partial charge in [-0.1, -0.05) is 18.2 Å². The molecule has 1 saturated heterocycles. The standard InChI is InChI=1S/C19H22FN3O4S2/c1-22(17(18(21)24)13-5-2-7-15(20)11-13)19(25)14-6-3-9-23(12-14)29(26,27)16-8-4-10-28-16/h2,4-5,7-8,10-11,14,17H,3,6,9,12H2,1H3,(H2,21,24). The minimum Gasteiger partial charge on any atom is -0.368 e. The molecule has 10 heteroatoms. The first kappa shape index (κ1) is 21.4. The fraction of sp³-hybridized carbons (Fsp3) is 0.368. The SMILES string of the molecule is CN(C(=O)C1CCCN(S(=O)(=O)c2cccs2)C1)C(C(N)=O)c1cccc(F)c1. The number of carbonyl (C=O) groups excluding carboxylic acids is 2. The number of primary amides is 1. The van der Waals surface area contributed by atoms with Crippen LogP contribution in [0.5, 0.6) is 0 Å². The minimum absolute atomic E-state index is 0.0258. The lowest BCUT2D eigenvalue weighted by Crippen LogP contribution is -2.48. The average Bonchev–Trinajstić information content (AvgIpc) is 3.23. The van der Waals surface area contributed by atoms with Crippen LogP contribution in [0, 0.1) is 11.7 Å². The second-order valence-electron chi connectivity index (χ2n) is 6.94. The fourth-order valence-corrected chi connectivity index (χ4v) is 6.24. The van der Waals surface area contributed by atoms with Gasteiger partial charge in [0.05, 0.1) is 5.92 Å². The van der Waals surface area contributed by atoms with E-state index >= 15 is 0 Å². The van der Waals surface area contributed by atoms with E-state index in [1.807, 2.05) is 0 Å². The number of carbonyl (C=O) groups is 2. The lowest BCUT2D eigenvalue weighted by atomic mass is 9.96. The Morgan fingerprint density at radius 1 is 1.31 bits per heavy atom. The van der Waals surface area contributed by atoms with Crippen molar-refractivity contribution in [1.29, 1.82) is 0 Å². The number of piperidine rings is 1. The van der Waals surface area contributed by atoms with Gasteiger partial charge in [-0.3, -0.25) is 9.59 Å². The zero-order valence-electron chi connectivity index (χ0n) is 15.8. The minimum atomic E-state index is -3.67. The van der Waals surface area contributed by atoms with Crippen molar-refractivity contribution in [3.05, 3.63) is 53.2 Å². The zero-order valence-corrected chi connectivity index (χ0v) is 17.5. The van der Waals surface area contributed by atoms with Gasteiger partial charge in [0.15, 0.2) is 0 Å². The highest BCUT2D eigenvalue weighted by Crippen LogP contribution is 2.29. The summed E-state index contributed by atoms with van der Waals surface area (Å²) in [6, 6.07) is 7.42. The molecule has 1 fully saturated rings. The third kappa shape index (κ3) is 4.49. The quantitative estimate of drug-likeness (QED) is 0.744. The van der Waals surface area contributed by atoms with Gasteiger partial charge in [-0.25, -0.2) is 12.8 Å². The van der Waals surface area contributed by atoms with Crippen molar-refractivity contribution in [1.82, 2.24) is 9.21 Å². The monoisotopic (exact) mass is 439 g/mol. The fourth-order valence-electron chi connectivity index (χ4n) is 3.57. The van der Waals surface area contributed by atoms with Crippen molar-refractivity contribution < 1.29 is 22.4 Å². The molecule has 0 saturated carbocycles. The number of hydrogen-bond donors (Lipinski definition) is 1. The Labute approximate surface area is 173 Å². The summed E-state index contributed by atoms with van der Waals surface area (Å²) in [6.45, 7) is 0.356. The molecular formula is C19H22FN3O4S2. The maximum Gasteiger partial charge on any atom is 0.252 e. The van der Waals surface area contributed by atoms with Gasteiger partial charge in [0.1, 0.15) is 16.1 Å². The van der Waals surface area contributed by atoms with Crippen molar-refractivity contribution in [2.24, 2.45) is 11.7 Å². The highest BCUT2D eigenvalue weighted by molar-refractivity contribution is 7.91. The lowest BCUT2D eigenvalue weighted by molar-refractivity contribution is -0.142. The van der Waals surface area contributed by atoms with E-state index in [4.69, 9.17) is 5.73 Å². The van der Waals surface area contributed by atoms with Crippen molar-refractivity contribution >= 4 is 33.2 Å². The maximum atomic E-state index is 13.6. The van der Waals surface area contributed by atoms with Crippen molar-refractivity contribution in [3.8, 4) is 0 Å². The van der Waals surface area contributed by atoms with Crippen LogP contribution in [0.15, 0.2) is 46.0 Å². The molecule has 1 aliphatic rings. The van der Waals surface area contributed by atoms with E-state index in [0.29, 0.717) is 19.4 Å². The Hall–Kier alpha value is -2.30. The summed E-state index contributed by atoms with van der Waals surface area (Å²) in [5, 5.41) is 1.68.